The van der Waals surface area contributed by atoms with Gasteiger partial charge in [0.15, 0.2) is 0 Å². The van der Waals surface area contributed by atoms with Crippen molar-refractivity contribution in [3.05, 3.63) is 35.4 Å². The zero-order valence-electron chi connectivity index (χ0n) is 11.9. The lowest BCUT2D eigenvalue weighted by Crippen LogP contribution is -2.45. The van der Waals surface area contributed by atoms with Crippen LogP contribution in [-0.2, 0) is 15.8 Å². The maximum Gasteiger partial charge on any atom is 0.218 e. The van der Waals surface area contributed by atoms with Crippen LogP contribution in [0.4, 0.5) is 0 Å². The zero-order chi connectivity index (χ0) is 15.3. The normalized spacial score (nSPS) is 15.7. The van der Waals surface area contributed by atoms with E-state index in [1.165, 1.54) is 4.31 Å². The number of benzene rings is 1. The summed E-state index contributed by atoms with van der Waals surface area (Å²) in [6.07, 6.45) is 3.29. The van der Waals surface area contributed by atoms with E-state index >= 15 is 0 Å². The van der Waals surface area contributed by atoms with E-state index in [-0.39, 0.29) is 18.4 Å². The van der Waals surface area contributed by atoms with Crippen LogP contribution in [0.3, 0.4) is 0 Å². The number of nitrogens with zero attached hydrogens (tertiary/aromatic N) is 2. The van der Waals surface area contributed by atoms with Gasteiger partial charge in [-0.2, -0.15) is 9.57 Å². The van der Waals surface area contributed by atoms with Crippen LogP contribution in [0.25, 0.3) is 0 Å². The first-order valence-electron chi connectivity index (χ1n) is 7.16. The van der Waals surface area contributed by atoms with Gasteiger partial charge >= 0.3 is 0 Å². The molecular formula is C15H20N2O3S. The SMILES string of the molecule is N#Cc1cccc(CS(=O)(=O)N(CCCO)C2CCC2)c1. The summed E-state index contributed by atoms with van der Waals surface area (Å²) in [5.41, 5.74) is 1.09. The number of hydrogen-bond donors (Lipinski definition) is 1. The Morgan fingerprint density at radius 3 is 2.71 bits per heavy atom. The molecule has 0 aromatic heterocycles. The Morgan fingerprint density at radius 2 is 2.14 bits per heavy atom. The standard InChI is InChI=1S/C15H20N2O3S/c16-11-13-4-1-5-14(10-13)12-21(19,20)17(8-3-9-18)15-6-2-7-15/h1,4-5,10,15,18H,2-3,6-9,12H2. The van der Waals surface area contributed by atoms with Crippen LogP contribution in [0.15, 0.2) is 24.3 Å². The predicted molar refractivity (Wildman–Crippen MR) is 79.8 cm³/mol. The van der Waals surface area contributed by atoms with Crippen molar-refractivity contribution in [3.63, 3.8) is 0 Å². The number of rotatable bonds is 7. The van der Waals surface area contributed by atoms with Gasteiger partial charge in [0.2, 0.25) is 10.0 Å². The minimum absolute atomic E-state index is 0.0113. The molecule has 0 bridgehead atoms. The second kappa shape index (κ2) is 7.03. The fraction of sp³-hybridized carbons (Fsp3) is 0.533. The van der Waals surface area contributed by atoms with Gasteiger partial charge < -0.3 is 5.11 Å². The van der Waals surface area contributed by atoms with Crippen LogP contribution in [0, 0.1) is 11.3 Å². The first-order valence-corrected chi connectivity index (χ1v) is 8.77. The maximum absolute atomic E-state index is 12.6. The molecule has 0 heterocycles. The monoisotopic (exact) mass is 308 g/mol. The Kier molecular flexibility index (Phi) is 5.34. The van der Waals surface area contributed by atoms with E-state index in [1.807, 2.05) is 6.07 Å². The summed E-state index contributed by atoms with van der Waals surface area (Å²) in [6.45, 7) is 0.351. The van der Waals surface area contributed by atoms with Crippen molar-refractivity contribution < 1.29 is 13.5 Å². The second-order valence-electron chi connectivity index (χ2n) is 5.34. The minimum atomic E-state index is -3.42. The summed E-state index contributed by atoms with van der Waals surface area (Å²) in [4.78, 5) is 0. The maximum atomic E-state index is 12.6. The van der Waals surface area contributed by atoms with Crippen LogP contribution >= 0.6 is 0 Å². The summed E-state index contributed by atoms with van der Waals surface area (Å²) in [6, 6.07) is 8.79. The highest BCUT2D eigenvalue weighted by Gasteiger charge is 2.33. The second-order valence-corrected chi connectivity index (χ2v) is 7.26. The van der Waals surface area contributed by atoms with Crippen molar-refractivity contribution in [2.75, 3.05) is 13.2 Å². The minimum Gasteiger partial charge on any atom is -0.396 e. The van der Waals surface area contributed by atoms with Gasteiger partial charge in [0.25, 0.3) is 0 Å². The third-order valence-corrected chi connectivity index (χ3v) is 5.67. The lowest BCUT2D eigenvalue weighted by Gasteiger charge is -2.36. The van der Waals surface area contributed by atoms with Crippen molar-refractivity contribution in [2.45, 2.75) is 37.5 Å². The number of sulfonamides is 1. The molecule has 0 spiro atoms. The summed E-state index contributed by atoms with van der Waals surface area (Å²) >= 11 is 0. The van der Waals surface area contributed by atoms with E-state index in [0.29, 0.717) is 24.1 Å². The molecule has 0 atom stereocenters. The highest BCUT2D eigenvalue weighted by Crippen LogP contribution is 2.28. The van der Waals surface area contributed by atoms with Gasteiger partial charge in [-0.05, 0) is 37.0 Å². The molecule has 1 fully saturated rings. The fourth-order valence-corrected chi connectivity index (χ4v) is 4.31. The summed E-state index contributed by atoms with van der Waals surface area (Å²) in [7, 11) is -3.42. The van der Waals surface area contributed by atoms with E-state index in [0.717, 1.165) is 19.3 Å². The van der Waals surface area contributed by atoms with Crippen molar-refractivity contribution >= 4 is 10.0 Å². The Balaban J connectivity index is 2.15. The molecule has 0 aliphatic heterocycles. The van der Waals surface area contributed by atoms with E-state index < -0.39 is 10.0 Å². The highest BCUT2D eigenvalue weighted by atomic mass is 32.2. The average Bonchev–Trinajstić information content (AvgIpc) is 2.40. The third-order valence-electron chi connectivity index (χ3n) is 3.78. The largest absolute Gasteiger partial charge is 0.396 e. The first-order chi connectivity index (χ1) is 10.1. The molecule has 6 heteroatoms. The first kappa shape index (κ1) is 16.0. The van der Waals surface area contributed by atoms with Gasteiger partial charge in [-0.1, -0.05) is 18.6 Å². The lowest BCUT2D eigenvalue weighted by molar-refractivity contribution is 0.198. The van der Waals surface area contributed by atoms with Gasteiger partial charge in [-0.25, -0.2) is 8.42 Å². The molecule has 1 aliphatic carbocycles. The molecule has 1 saturated carbocycles. The van der Waals surface area contributed by atoms with Gasteiger partial charge in [0.05, 0.1) is 17.4 Å². The number of nitriles is 1. The Labute approximate surface area is 125 Å². The van der Waals surface area contributed by atoms with Crippen molar-refractivity contribution in [3.8, 4) is 6.07 Å². The molecule has 1 N–H and O–H groups in total. The van der Waals surface area contributed by atoms with Gasteiger partial charge in [-0.15, -0.1) is 0 Å². The van der Waals surface area contributed by atoms with Crippen LogP contribution in [0.5, 0.6) is 0 Å². The van der Waals surface area contributed by atoms with Crippen molar-refractivity contribution in [1.82, 2.24) is 4.31 Å². The summed E-state index contributed by atoms with van der Waals surface area (Å²) in [5, 5.41) is 17.8. The molecule has 0 radical (unpaired) electrons. The predicted octanol–water partition coefficient (Wildman–Crippen LogP) is 1.62. The van der Waals surface area contributed by atoms with E-state index in [1.54, 1.807) is 24.3 Å². The lowest BCUT2D eigenvalue weighted by atomic mass is 9.93. The molecule has 1 aliphatic rings. The molecule has 1 aromatic rings. The number of aliphatic hydroxyl groups is 1. The smallest absolute Gasteiger partial charge is 0.218 e. The molecule has 1 aromatic carbocycles. The zero-order valence-corrected chi connectivity index (χ0v) is 12.7. The Morgan fingerprint density at radius 1 is 1.38 bits per heavy atom. The summed E-state index contributed by atoms with van der Waals surface area (Å²) < 4.78 is 26.7. The summed E-state index contributed by atoms with van der Waals surface area (Å²) in [5.74, 6) is -0.0928. The van der Waals surface area contributed by atoms with Crippen molar-refractivity contribution in [2.24, 2.45) is 0 Å². The third kappa shape index (κ3) is 4.03. The molecular weight excluding hydrogens is 288 g/mol. The molecule has 21 heavy (non-hydrogen) atoms. The topological polar surface area (TPSA) is 81.4 Å². The van der Waals surface area contributed by atoms with Crippen LogP contribution < -0.4 is 0 Å². The Hall–Kier alpha value is -1.42. The number of aliphatic hydroxyl groups excluding tert-OH is 1. The van der Waals surface area contributed by atoms with E-state index in [4.69, 9.17) is 10.4 Å². The molecule has 5 nitrogen and oxygen atoms in total. The van der Waals surface area contributed by atoms with E-state index in [9.17, 15) is 8.42 Å². The van der Waals surface area contributed by atoms with E-state index in [2.05, 4.69) is 0 Å². The van der Waals surface area contributed by atoms with Crippen molar-refractivity contribution in [1.29, 1.82) is 5.26 Å². The molecule has 0 amide bonds. The Bertz CT molecular complexity index is 618. The quantitative estimate of drug-likeness (QED) is 0.830. The highest BCUT2D eigenvalue weighted by molar-refractivity contribution is 7.88. The molecule has 2 rings (SSSR count). The average molecular weight is 308 g/mol. The molecule has 114 valence electrons. The van der Waals surface area contributed by atoms with Crippen LogP contribution in [0.2, 0.25) is 0 Å². The van der Waals surface area contributed by atoms with Gasteiger partial charge in [0, 0.05) is 19.2 Å². The number of hydrogen-bond acceptors (Lipinski definition) is 4. The fourth-order valence-electron chi connectivity index (χ4n) is 2.47. The van der Waals surface area contributed by atoms with Crippen LogP contribution in [0.1, 0.15) is 36.8 Å². The van der Waals surface area contributed by atoms with Gasteiger partial charge in [-0.3, -0.25) is 0 Å². The van der Waals surface area contributed by atoms with Gasteiger partial charge in [0.1, 0.15) is 0 Å². The molecule has 0 unspecified atom stereocenters. The molecule has 0 saturated heterocycles. The van der Waals surface area contributed by atoms with Crippen LogP contribution in [-0.4, -0.2) is 37.0 Å².